The molecule has 0 aliphatic carbocycles. The first-order valence-corrected chi connectivity index (χ1v) is 7.79. The van der Waals surface area contributed by atoms with E-state index in [4.69, 9.17) is 0 Å². The third-order valence-electron chi connectivity index (χ3n) is 2.04. The molecule has 0 heterocycles. The van der Waals surface area contributed by atoms with Crippen LogP contribution in [0.5, 0.6) is 0 Å². The molecule has 2 aromatic rings. The molecule has 0 nitrogen and oxygen atoms in total. The fourth-order valence-corrected chi connectivity index (χ4v) is 2.51. The Morgan fingerprint density at radius 2 is 1.12 bits per heavy atom. The Bertz CT molecular complexity index is 407. The van der Waals surface area contributed by atoms with Gasteiger partial charge in [0, 0.05) is 14.7 Å². The zero-order valence-corrected chi connectivity index (χ0v) is 12.1. The molecule has 0 fully saturated rings. The molecule has 90 valence electrons. The molecule has 2 rings (SSSR count). The van der Waals surface area contributed by atoms with Gasteiger partial charge in [0.2, 0.25) is 0 Å². The largest absolute Gasteiger partial charge is 0.130 e. The molecule has 0 aromatic heterocycles. The van der Waals surface area contributed by atoms with Crippen molar-refractivity contribution < 1.29 is 0 Å². The summed E-state index contributed by atoms with van der Waals surface area (Å²) in [6, 6.07) is 19.1. The van der Waals surface area contributed by atoms with Crippen LogP contribution < -0.4 is 0 Å². The zero-order valence-electron chi connectivity index (χ0n) is 10.5. The lowest BCUT2D eigenvalue weighted by atomic mass is 10.4. The number of benzene rings is 2. The number of hydrogen-bond donors (Lipinski definition) is 0. The fourth-order valence-electron chi connectivity index (χ4n) is 1.27. The van der Waals surface area contributed by atoms with Gasteiger partial charge in [-0.2, -0.15) is 0 Å². The second-order valence-corrected chi connectivity index (χ2v) is 5.12. The first-order valence-electron chi connectivity index (χ1n) is 5.75. The minimum Gasteiger partial charge on any atom is -0.130 e. The minimum absolute atomic E-state index is 1.29. The molecule has 0 saturated heterocycles. The summed E-state index contributed by atoms with van der Waals surface area (Å²) in [6.07, 6.45) is 2.10. The zero-order chi connectivity index (χ0) is 12.5. The van der Waals surface area contributed by atoms with Crippen molar-refractivity contribution in [1.82, 2.24) is 0 Å². The number of hydrogen-bond acceptors (Lipinski definition) is 2. The standard InChI is InChI=1S/C13H12S2.C2H6/c1-14-11-7-9-13(10-8-11)15-12-5-3-2-4-6-12;1-2/h2-10H,1H3;1-2H3. The average Bonchev–Trinajstić information content (AvgIpc) is 2.43. The molecule has 0 amide bonds. The molecule has 0 spiro atoms. The highest BCUT2D eigenvalue weighted by molar-refractivity contribution is 7.99. The lowest BCUT2D eigenvalue weighted by molar-refractivity contribution is 1.34. The summed E-state index contributed by atoms with van der Waals surface area (Å²) in [5.74, 6) is 0. The van der Waals surface area contributed by atoms with Crippen LogP contribution in [0, 0.1) is 0 Å². The molecule has 0 N–H and O–H groups in total. The second-order valence-electron chi connectivity index (χ2n) is 3.09. The van der Waals surface area contributed by atoms with Gasteiger partial charge in [0.15, 0.2) is 0 Å². The van der Waals surface area contributed by atoms with Crippen LogP contribution in [-0.4, -0.2) is 6.26 Å². The molecular weight excluding hydrogens is 244 g/mol. The van der Waals surface area contributed by atoms with E-state index in [0.29, 0.717) is 0 Å². The summed E-state index contributed by atoms with van der Waals surface area (Å²) in [4.78, 5) is 3.89. The molecule has 2 heteroatoms. The molecule has 0 aliphatic heterocycles. The Morgan fingerprint density at radius 1 is 0.647 bits per heavy atom. The smallest absolute Gasteiger partial charge is 0.0123 e. The Kier molecular flexibility index (Phi) is 6.90. The third-order valence-corrected chi connectivity index (χ3v) is 3.80. The van der Waals surface area contributed by atoms with Crippen LogP contribution in [0.3, 0.4) is 0 Å². The van der Waals surface area contributed by atoms with Gasteiger partial charge in [-0.1, -0.05) is 43.8 Å². The molecule has 2 aromatic carbocycles. The van der Waals surface area contributed by atoms with Gasteiger partial charge >= 0.3 is 0 Å². The second kappa shape index (κ2) is 8.26. The third kappa shape index (κ3) is 4.88. The van der Waals surface area contributed by atoms with Crippen LogP contribution in [0.1, 0.15) is 13.8 Å². The molecule has 0 aliphatic rings. The van der Waals surface area contributed by atoms with Gasteiger partial charge in [0.05, 0.1) is 0 Å². The fraction of sp³-hybridized carbons (Fsp3) is 0.200. The van der Waals surface area contributed by atoms with Crippen LogP contribution in [0.25, 0.3) is 0 Å². The topological polar surface area (TPSA) is 0 Å². The Labute approximate surface area is 113 Å². The van der Waals surface area contributed by atoms with Crippen molar-refractivity contribution in [2.45, 2.75) is 28.5 Å². The van der Waals surface area contributed by atoms with Crippen LogP contribution >= 0.6 is 23.5 Å². The van der Waals surface area contributed by atoms with Crippen molar-refractivity contribution in [3.63, 3.8) is 0 Å². The lowest BCUT2D eigenvalue weighted by Crippen LogP contribution is -1.73. The summed E-state index contributed by atoms with van der Waals surface area (Å²) in [6.45, 7) is 4.00. The Hall–Kier alpha value is -0.860. The first kappa shape index (κ1) is 14.2. The maximum Gasteiger partial charge on any atom is 0.0123 e. The van der Waals surface area contributed by atoms with Crippen LogP contribution in [0.4, 0.5) is 0 Å². The Balaban J connectivity index is 0.000000686. The monoisotopic (exact) mass is 262 g/mol. The highest BCUT2D eigenvalue weighted by atomic mass is 32.2. The molecule has 0 radical (unpaired) electrons. The normalized spacial score (nSPS) is 9.35. The highest BCUT2D eigenvalue weighted by Crippen LogP contribution is 2.28. The van der Waals surface area contributed by atoms with Gasteiger partial charge in [0.25, 0.3) is 0 Å². The predicted octanol–water partition coefficient (Wildman–Crippen LogP) is 5.59. The highest BCUT2D eigenvalue weighted by Gasteiger charge is 1.96. The van der Waals surface area contributed by atoms with E-state index in [0.717, 1.165) is 0 Å². The van der Waals surface area contributed by atoms with Crippen molar-refractivity contribution in [2.24, 2.45) is 0 Å². The summed E-state index contributed by atoms with van der Waals surface area (Å²) in [5.41, 5.74) is 0. The van der Waals surface area contributed by atoms with Gasteiger partial charge in [-0.05, 0) is 42.7 Å². The number of rotatable bonds is 3. The molecule has 0 unspecified atom stereocenters. The van der Waals surface area contributed by atoms with Crippen LogP contribution in [0.15, 0.2) is 69.3 Å². The van der Waals surface area contributed by atoms with Gasteiger partial charge in [-0.25, -0.2) is 0 Å². The number of thioether (sulfide) groups is 1. The van der Waals surface area contributed by atoms with E-state index in [1.165, 1.54) is 14.7 Å². The van der Waals surface area contributed by atoms with Gasteiger partial charge < -0.3 is 0 Å². The molecule has 17 heavy (non-hydrogen) atoms. The van der Waals surface area contributed by atoms with Crippen molar-refractivity contribution >= 4 is 23.5 Å². The summed E-state index contributed by atoms with van der Waals surface area (Å²) >= 11 is 3.57. The van der Waals surface area contributed by atoms with E-state index >= 15 is 0 Å². The summed E-state index contributed by atoms with van der Waals surface area (Å²) in [7, 11) is 0. The Morgan fingerprint density at radius 3 is 1.65 bits per heavy atom. The van der Waals surface area contributed by atoms with Crippen molar-refractivity contribution in [3.05, 3.63) is 54.6 Å². The summed E-state index contributed by atoms with van der Waals surface area (Å²) < 4.78 is 0. The van der Waals surface area contributed by atoms with E-state index in [1.807, 2.05) is 19.9 Å². The minimum atomic E-state index is 1.29. The average molecular weight is 262 g/mol. The van der Waals surface area contributed by atoms with E-state index in [1.54, 1.807) is 23.5 Å². The van der Waals surface area contributed by atoms with E-state index in [-0.39, 0.29) is 0 Å². The van der Waals surface area contributed by atoms with Crippen LogP contribution in [0.2, 0.25) is 0 Å². The van der Waals surface area contributed by atoms with Gasteiger partial charge in [0.1, 0.15) is 0 Å². The molecule has 0 saturated carbocycles. The first-order chi connectivity index (χ1) is 8.38. The van der Waals surface area contributed by atoms with Crippen molar-refractivity contribution in [2.75, 3.05) is 6.26 Å². The predicted molar refractivity (Wildman–Crippen MR) is 80.1 cm³/mol. The summed E-state index contributed by atoms with van der Waals surface area (Å²) in [5, 5.41) is 0. The molecule has 0 atom stereocenters. The van der Waals surface area contributed by atoms with Crippen molar-refractivity contribution in [3.8, 4) is 0 Å². The van der Waals surface area contributed by atoms with Crippen molar-refractivity contribution in [1.29, 1.82) is 0 Å². The van der Waals surface area contributed by atoms with Gasteiger partial charge in [-0.15, -0.1) is 11.8 Å². The van der Waals surface area contributed by atoms with Crippen LogP contribution in [-0.2, 0) is 0 Å². The van der Waals surface area contributed by atoms with Gasteiger partial charge in [-0.3, -0.25) is 0 Å². The molecule has 0 bridgehead atoms. The maximum absolute atomic E-state index is 2.17. The maximum atomic E-state index is 2.17. The lowest BCUT2D eigenvalue weighted by Gasteiger charge is -2.02. The SMILES string of the molecule is CC.CSc1ccc(Sc2ccccc2)cc1. The van der Waals surface area contributed by atoms with E-state index in [2.05, 4.69) is 54.8 Å². The van der Waals surface area contributed by atoms with E-state index in [9.17, 15) is 0 Å². The quantitative estimate of drug-likeness (QED) is 0.662. The molecular formula is C15H18S2. The van der Waals surface area contributed by atoms with E-state index < -0.39 is 0 Å².